The van der Waals surface area contributed by atoms with E-state index in [4.69, 9.17) is 12.2 Å². The molecule has 108 valence electrons. The number of rotatable bonds is 3. The zero-order chi connectivity index (χ0) is 15.2. The van der Waals surface area contributed by atoms with E-state index < -0.39 is 0 Å². The Kier molecular flexibility index (Phi) is 5.41. The fraction of sp³-hybridized carbons (Fsp3) is 0.133. The van der Waals surface area contributed by atoms with Gasteiger partial charge in [-0.15, -0.1) is 0 Å². The van der Waals surface area contributed by atoms with E-state index in [2.05, 4.69) is 38.5 Å². The average Bonchev–Trinajstić information content (AvgIpc) is 2.48. The Morgan fingerprint density at radius 1 is 1.29 bits per heavy atom. The average molecular weight is 364 g/mol. The van der Waals surface area contributed by atoms with Crippen LogP contribution in [0.1, 0.15) is 22.8 Å². The van der Waals surface area contributed by atoms with Crippen LogP contribution in [0.5, 0.6) is 0 Å². The van der Waals surface area contributed by atoms with Gasteiger partial charge in [-0.3, -0.25) is 15.1 Å². The molecule has 2 N–H and O–H groups in total. The van der Waals surface area contributed by atoms with Gasteiger partial charge in [-0.25, -0.2) is 0 Å². The topological polar surface area (TPSA) is 54.0 Å². The summed E-state index contributed by atoms with van der Waals surface area (Å²) in [6.07, 6.45) is 4.08. The van der Waals surface area contributed by atoms with Gasteiger partial charge in [0, 0.05) is 22.6 Å². The number of nitrogens with zero attached hydrogens (tertiary/aromatic N) is 1. The molecule has 0 aliphatic heterocycles. The van der Waals surface area contributed by atoms with Crippen LogP contribution in [0.2, 0.25) is 0 Å². The maximum atomic E-state index is 12.0. The van der Waals surface area contributed by atoms with Gasteiger partial charge in [0.05, 0.1) is 5.56 Å². The Labute approximate surface area is 137 Å². The molecule has 6 heteroatoms. The van der Waals surface area contributed by atoms with Gasteiger partial charge in [-0.1, -0.05) is 19.1 Å². The first-order chi connectivity index (χ1) is 10.1. The first-order valence-corrected chi connectivity index (χ1v) is 7.60. The van der Waals surface area contributed by atoms with Crippen molar-refractivity contribution in [1.82, 2.24) is 10.3 Å². The molecule has 1 amide bonds. The molecule has 0 fully saturated rings. The van der Waals surface area contributed by atoms with Crippen LogP contribution in [0.15, 0.2) is 47.2 Å². The van der Waals surface area contributed by atoms with Crippen molar-refractivity contribution in [2.24, 2.45) is 0 Å². The number of pyridine rings is 1. The molecule has 0 saturated carbocycles. The second-order valence-corrected chi connectivity index (χ2v) is 5.67. The zero-order valence-electron chi connectivity index (χ0n) is 11.4. The van der Waals surface area contributed by atoms with Crippen molar-refractivity contribution in [3.63, 3.8) is 0 Å². The largest absolute Gasteiger partial charge is 0.332 e. The number of hydrogen-bond donors (Lipinski definition) is 2. The van der Waals surface area contributed by atoms with Crippen molar-refractivity contribution >= 4 is 44.9 Å². The van der Waals surface area contributed by atoms with Crippen molar-refractivity contribution < 1.29 is 4.79 Å². The lowest BCUT2D eigenvalue weighted by Gasteiger charge is -2.10. The van der Waals surface area contributed by atoms with Gasteiger partial charge in [0.15, 0.2) is 5.11 Å². The van der Waals surface area contributed by atoms with Gasteiger partial charge in [-0.05, 0) is 58.3 Å². The van der Waals surface area contributed by atoms with Crippen molar-refractivity contribution in [3.05, 3.63) is 58.3 Å². The first kappa shape index (κ1) is 15.6. The summed E-state index contributed by atoms with van der Waals surface area (Å²) in [6, 6.07) is 9.58. The summed E-state index contributed by atoms with van der Waals surface area (Å²) in [4.78, 5) is 15.9. The lowest BCUT2D eigenvalue weighted by atomic mass is 10.1. The number of benzene rings is 1. The van der Waals surface area contributed by atoms with E-state index in [9.17, 15) is 4.79 Å². The maximum Gasteiger partial charge on any atom is 0.259 e. The quantitative estimate of drug-likeness (QED) is 0.819. The minimum absolute atomic E-state index is 0.254. The van der Waals surface area contributed by atoms with Crippen LogP contribution >= 0.6 is 28.1 Å². The number of carbonyl (C=O) groups excluding carboxylic acids is 1. The fourth-order valence-electron chi connectivity index (χ4n) is 1.70. The molecule has 0 spiro atoms. The molecule has 21 heavy (non-hydrogen) atoms. The Hall–Kier alpha value is -1.79. The van der Waals surface area contributed by atoms with Gasteiger partial charge in [-0.2, -0.15) is 0 Å². The number of amides is 1. The normalized spacial score (nSPS) is 10.0. The van der Waals surface area contributed by atoms with Gasteiger partial charge < -0.3 is 5.32 Å². The lowest BCUT2D eigenvalue weighted by molar-refractivity contribution is 0.0977. The van der Waals surface area contributed by atoms with Gasteiger partial charge >= 0.3 is 0 Å². The highest BCUT2D eigenvalue weighted by molar-refractivity contribution is 9.10. The van der Waals surface area contributed by atoms with E-state index in [0.717, 1.165) is 16.6 Å². The summed E-state index contributed by atoms with van der Waals surface area (Å²) in [5, 5.41) is 5.85. The number of aromatic nitrogens is 1. The molecule has 0 unspecified atom stereocenters. The standard InChI is InChI=1S/C15H14BrN3OS/c1-2-10-3-5-13(6-4-10)18-15(21)19-14(20)11-7-12(16)9-17-8-11/h3-9H,2H2,1H3,(H2,18,19,20,21). The second kappa shape index (κ2) is 7.28. The van der Waals surface area contributed by atoms with Crippen molar-refractivity contribution in [2.45, 2.75) is 13.3 Å². The lowest BCUT2D eigenvalue weighted by Crippen LogP contribution is -2.34. The molecule has 2 aromatic rings. The van der Waals surface area contributed by atoms with E-state index >= 15 is 0 Å². The van der Waals surface area contributed by atoms with Crippen LogP contribution in [-0.2, 0) is 6.42 Å². The second-order valence-electron chi connectivity index (χ2n) is 4.35. The number of nitrogens with one attached hydrogen (secondary N) is 2. The molecular weight excluding hydrogens is 350 g/mol. The summed E-state index contributed by atoms with van der Waals surface area (Å²) in [6.45, 7) is 2.10. The summed E-state index contributed by atoms with van der Waals surface area (Å²) >= 11 is 8.40. The monoisotopic (exact) mass is 363 g/mol. The SMILES string of the molecule is CCc1ccc(NC(=S)NC(=O)c2cncc(Br)c2)cc1. The highest BCUT2D eigenvalue weighted by Crippen LogP contribution is 2.11. The van der Waals surface area contributed by atoms with E-state index in [-0.39, 0.29) is 11.0 Å². The van der Waals surface area contributed by atoms with E-state index in [1.165, 1.54) is 11.8 Å². The van der Waals surface area contributed by atoms with Crippen LogP contribution in [0.3, 0.4) is 0 Å². The third kappa shape index (κ3) is 4.61. The summed E-state index contributed by atoms with van der Waals surface area (Å²) < 4.78 is 0.740. The molecule has 0 aliphatic carbocycles. The molecule has 0 bridgehead atoms. The Morgan fingerprint density at radius 2 is 2.00 bits per heavy atom. The number of halogens is 1. The van der Waals surface area contributed by atoms with E-state index in [1.807, 2.05) is 24.3 Å². The third-order valence-electron chi connectivity index (χ3n) is 2.81. The van der Waals surface area contributed by atoms with Crippen LogP contribution in [0, 0.1) is 0 Å². The molecule has 1 aromatic carbocycles. The predicted molar refractivity (Wildman–Crippen MR) is 91.4 cm³/mol. The zero-order valence-corrected chi connectivity index (χ0v) is 13.8. The molecule has 0 aliphatic rings. The molecule has 0 atom stereocenters. The summed E-state index contributed by atoms with van der Waals surface area (Å²) in [5.74, 6) is -0.300. The van der Waals surface area contributed by atoms with Crippen molar-refractivity contribution in [3.8, 4) is 0 Å². The molecule has 2 rings (SSSR count). The number of anilines is 1. The number of thiocarbonyl (C=S) groups is 1. The molecule has 1 heterocycles. The van der Waals surface area contributed by atoms with Crippen LogP contribution in [-0.4, -0.2) is 16.0 Å². The summed E-state index contributed by atoms with van der Waals surface area (Å²) in [7, 11) is 0. The Balaban J connectivity index is 1.96. The highest BCUT2D eigenvalue weighted by Gasteiger charge is 2.08. The van der Waals surface area contributed by atoms with Gasteiger partial charge in [0.25, 0.3) is 5.91 Å². The van der Waals surface area contributed by atoms with Gasteiger partial charge in [0.1, 0.15) is 0 Å². The number of hydrogen-bond acceptors (Lipinski definition) is 3. The van der Waals surface area contributed by atoms with Crippen LogP contribution < -0.4 is 10.6 Å². The van der Waals surface area contributed by atoms with E-state index in [0.29, 0.717) is 5.56 Å². The van der Waals surface area contributed by atoms with Crippen LogP contribution in [0.25, 0.3) is 0 Å². The predicted octanol–water partition coefficient (Wildman–Crippen LogP) is 3.53. The fourth-order valence-corrected chi connectivity index (χ4v) is 2.27. The maximum absolute atomic E-state index is 12.0. The molecular formula is C15H14BrN3OS. The van der Waals surface area contributed by atoms with Crippen molar-refractivity contribution in [2.75, 3.05) is 5.32 Å². The highest BCUT2D eigenvalue weighted by atomic mass is 79.9. The van der Waals surface area contributed by atoms with Crippen molar-refractivity contribution in [1.29, 1.82) is 0 Å². The molecule has 1 aromatic heterocycles. The van der Waals surface area contributed by atoms with E-state index in [1.54, 1.807) is 12.3 Å². The first-order valence-electron chi connectivity index (χ1n) is 6.40. The number of aryl methyl sites for hydroxylation is 1. The van der Waals surface area contributed by atoms with Gasteiger partial charge in [0.2, 0.25) is 0 Å². The number of carbonyl (C=O) groups is 1. The minimum Gasteiger partial charge on any atom is -0.332 e. The Bertz CT molecular complexity index is 658. The molecule has 4 nitrogen and oxygen atoms in total. The molecule has 0 radical (unpaired) electrons. The smallest absolute Gasteiger partial charge is 0.259 e. The third-order valence-corrected chi connectivity index (χ3v) is 3.45. The molecule has 0 saturated heterocycles. The van der Waals surface area contributed by atoms with Crippen LogP contribution in [0.4, 0.5) is 5.69 Å². The minimum atomic E-state index is -0.300. The Morgan fingerprint density at radius 3 is 2.62 bits per heavy atom. The summed E-state index contributed by atoms with van der Waals surface area (Å²) in [5.41, 5.74) is 2.52.